The van der Waals surface area contributed by atoms with Crippen LogP contribution < -0.4 is 0 Å². The molecule has 0 spiro atoms. The van der Waals surface area contributed by atoms with E-state index < -0.39 is 8.78 Å². The van der Waals surface area contributed by atoms with E-state index in [0.29, 0.717) is 0 Å². The third-order valence-corrected chi connectivity index (χ3v) is 1.39. The number of hydrogen-bond acceptors (Lipinski definition) is 1. The molecule has 5 heteroatoms. The fourth-order valence-electron chi connectivity index (χ4n) is 0.0786. The molecule has 0 aliphatic carbocycles. The number of rotatable bonds is 2. The van der Waals surface area contributed by atoms with Gasteiger partial charge in [0.1, 0.15) is 0 Å². The summed E-state index contributed by atoms with van der Waals surface area (Å²) in [4.78, 5) is 0. The van der Waals surface area contributed by atoms with Crippen LogP contribution in [0.3, 0.4) is 0 Å². The zero-order valence-electron chi connectivity index (χ0n) is 3.72. The summed E-state index contributed by atoms with van der Waals surface area (Å²) < 4.78 is 4.64. The van der Waals surface area contributed by atoms with Crippen molar-refractivity contribution in [3.05, 3.63) is 0 Å². The summed E-state index contributed by atoms with van der Waals surface area (Å²) in [6.45, 7) is 1.42. The Labute approximate surface area is 43.1 Å². The smallest absolute Gasteiger partial charge is 0.0799 e. The molecule has 0 saturated carbocycles. The molecule has 1 nitrogen and oxygen atoms in total. The van der Waals surface area contributed by atoms with E-state index in [0.717, 1.165) is 0 Å². The Balaban J connectivity index is 2.75. The predicted molar refractivity (Wildman–Crippen MR) is 31.4 cm³/mol. The van der Waals surface area contributed by atoms with Crippen molar-refractivity contribution < 1.29 is 4.43 Å². The van der Waals surface area contributed by atoms with Gasteiger partial charge in [-0.15, -0.1) is 0 Å². The molecule has 0 fully saturated rings. The van der Waals surface area contributed by atoms with E-state index in [2.05, 4.69) is 4.43 Å². The van der Waals surface area contributed by atoms with Gasteiger partial charge in [-0.05, 0) is 0 Å². The van der Waals surface area contributed by atoms with Crippen molar-refractivity contribution in [2.45, 2.75) is 0 Å². The number of hydrogen-bond donors (Lipinski definition) is 0. The minimum absolute atomic E-state index is 1.42. The minimum Gasteiger partial charge on any atom is -0.442 e. The Kier molecular flexibility index (Phi) is 3.78. The van der Waals surface area contributed by atoms with Crippen LogP contribution in [0.4, 0.5) is 0 Å². The third-order valence-electron chi connectivity index (χ3n) is 0.462. The molecule has 0 aromatic rings. The highest BCUT2D eigenvalue weighted by Crippen LogP contribution is 1.64. The summed E-state index contributed by atoms with van der Waals surface area (Å²) in [7, 11) is 10.2. The van der Waals surface area contributed by atoms with Crippen LogP contribution >= 0.6 is 0 Å². The van der Waals surface area contributed by atoms with Gasteiger partial charge in [0.2, 0.25) is 0 Å². The lowest BCUT2D eigenvalue weighted by Gasteiger charge is -1.99. The van der Waals surface area contributed by atoms with Crippen LogP contribution in [-0.4, -0.2) is 37.8 Å². The van der Waals surface area contributed by atoms with Crippen molar-refractivity contribution in [2.24, 2.45) is 0 Å². The van der Waals surface area contributed by atoms with E-state index >= 15 is 0 Å². The summed E-state index contributed by atoms with van der Waals surface area (Å²) in [5.74, 6) is 0. The lowest BCUT2D eigenvalue weighted by molar-refractivity contribution is 0.448. The average molecular weight is 92.6 g/mol. The first-order valence-electron chi connectivity index (χ1n) is 1.64. The third kappa shape index (κ3) is 2.60. The molecule has 0 rings (SSSR count). The van der Waals surface area contributed by atoms with Crippen molar-refractivity contribution in [1.29, 1.82) is 0 Å². The van der Waals surface area contributed by atoms with Crippen molar-refractivity contribution in [2.75, 3.05) is 7.11 Å². The molecule has 0 heterocycles. The lowest BCUT2D eigenvalue weighted by atomic mass is 9.78. The molecule has 0 aromatic carbocycles. The van der Waals surface area contributed by atoms with E-state index in [1.807, 2.05) is 0 Å². The first-order chi connectivity index (χ1) is 2.81. The van der Waals surface area contributed by atoms with Crippen LogP contribution in [-0.2, 0) is 4.43 Å². The van der Waals surface area contributed by atoms with Gasteiger partial charge < -0.3 is 4.43 Å². The maximum absolute atomic E-state index is 5.21. The highest BCUT2D eigenvalue weighted by molar-refractivity contribution is 7.44. The van der Waals surface area contributed by atoms with Crippen molar-refractivity contribution in [1.82, 2.24) is 0 Å². The summed E-state index contributed by atoms with van der Waals surface area (Å²) >= 11 is 0. The molecule has 27 valence electrons. The Morgan fingerprint density at radius 2 is 2.33 bits per heavy atom. The molecule has 0 aliphatic rings. The van der Waals surface area contributed by atoms with Crippen LogP contribution in [0.1, 0.15) is 0 Å². The normalized spacial score (nSPS) is 13.5. The zero-order chi connectivity index (χ0) is 4.99. The molecule has 0 saturated heterocycles. The molecule has 5 radical (unpaired) electrons. The first kappa shape index (κ1) is 6.37. The monoisotopic (exact) mass is 93.0 g/mol. The van der Waals surface area contributed by atoms with Gasteiger partial charge in [0.15, 0.2) is 0 Å². The van der Waals surface area contributed by atoms with E-state index in [1.165, 1.54) is 6.76 Å². The van der Waals surface area contributed by atoms with Crippen molar-refractivity contribution in [3.8, 4) is 0 Å². The average Bonchev–Trinajstić information content (AvgIpc) is 1.65. The van der Waals surface area contributed by atoms with E-state index in [-0.39, 0.29) is 0 Å². The second-order valence-corrected chi connectivity index (χ2v) is 2.68. The Bertz CT molecular complexity index is 30.0. The van der Waals surface area contributed by atoms with Gasteiger partial charge >= 0.3 is 0 Å². The van der Waals surface area contributed by atoms with Gasteiger partial charge in [-0.1, -0.05) is 0 Å². The maximum Gasteiger partial charge on any atom is 0.0799 e. The largest absolute Gasteiger partial charge is 0.442 e. The Morgan fingerprint density at radius 3 is 2.33 bits per heavy atom. The predicted octanol–water partition coefficient (Wildman–Crippen LogP) is -1.69. The first-order valence-corrected chi connectivity index (χ1v) is 3.45. The van der Waals surface area contributed by atoms with Gasteiger partial charge in [-0.3, -0.25) is 0 Å². The SMILES string of the molecule is [B][B][SiH]([B])OC. The highest BCUT2D eigenvalue weighted by atomic mass is 28.3. The summed E-state index contributed by atoms with van der Waals surface area (Å²) in [6.07, 6.45) is 0. The molecular formula is CH4B3OSi. The van der Waals surface area contributed by atoms with Crippen LogP contribution in [0.15, 0.2) is 0 Å². The Hall–Kier alpha value is 0.372. The van der Waals surface area contributed by atoms with E-state index in [9.17, 15) is 0 Å². The van der Waals surface area contributed by atoms with Crippen LogP contribution in [0.2, 0.25) is 0 Å². The second-order valence-electron chi connectivity index (χ2n) is 0.893. The molecule has 1 atom stereocenters. The second kappa shape index (κ2) is 3.56. The molecule has 1 unspecified atom stereocenters. The van der Waals surface area contributed by atoms with Gasteiger partial charge in [0.25, 0.3) is 0 Å². The zero-order valence-corrected chi connectivity index (χ0v) is 4.87. The standard InChI is InChI=1S/CH4B3OSi/c1-5-6(3)4-2/h6H,1H3. The summed E-state index contributed by atoms with van der Waals surface area (Å²) in [6, 6.07) is 0. The highest BCUT2D eigenvalue weighted by Gasteiger charge is 1.92. The molecule has 0 amide bonds. The molecule has 6 heavy (non-hydrogen) atoms. The van der Waals surface area contributed by atoms with Crippen LogP contribution in [0, 0.1) is 0 Å². The quantitative estimate of drug-likeness (QED) is 0.369. The molecule has 0 N–H and O–H groups in total. The maximum atomic E-state index is 5.21. The van der Waals surface area contributed by atoms with Crippen LogP contribution in [0.25, 0.3) is 0 Å². The fraction of sp³-hybridized carbons (Fsp3) is 1.00. The van der Waals surface area contributed by atoms with Gasteiger partial charge in [-0.25, -0.2) is 0 Å². The van der Waals surface area contributed by atoms with Crippen molar-refractivity contribution in [3.63, 3.8) is 0 Å². The summed E-state index contributed by atoms with van der Waals surface area (Å²) in [5.41, 5.74) is 0. The molecule has 0 aromatic heterocycles. The van der Waals surface area contributed by atoms with Gasteiger partial charge in [-0.2, -0.15) is 0 Å². The van der Waals surface area contributed by atoms with Crippen LogP contribution in [0.5, 0.6) is 0 Å². The topological polar surface area (TPSA) is 9.23 Å². The fourth-order valence-corrected chi connectivity index (χ4v) is 0.236. The lowest BCUT2D eigenvalue weighted by Crippen LogP contribution is -2.25. The van der Waals surface area contributed by atoms with Gasteiger partial charge in [0, 0.05) is 14.8 Å². The van der Waals surface area contributed by atoms with Crippen molar-refractivity contribution >= 4 is 30.7 Å². The van der Waals surface area contributed by atoms with E-state index in [1.54, 1.807) is 7.11 Å². The molecular weight excluding hydrogens is 88.5 g/mol. The van der Waals surface area contributed by atoms with Gasteiger partial charge in [0.05, 0.1) is 23.0 Å². The van der Waals surface area contributed by atoms with E-state index in [4.69, 9.17) is 15.2 Å². The minimum atomic E-state index is -1.51. The Morgan fingerprint density at radius 1 is 1.83 bits per heavy atom. The molecule has 0 aliphatic heterocycles. The molecule has 0 bridgehead atoms. The summed E-state index contributed by atoms with van der Waals surface area (Å²) in [5, 5.41) is 0.